The van der Waals surface area contributed by atoms with Crippen molar-refractivity contribution in [2.24, 2.45) is 17.8 Å². The predicted molar refractivity (Wildman–Crippen MR) is 150 cm³/mol. The van der Waals surface area contributed by atoms with Crippen molar-refractivity contribution in [1.29, 1.82) is 0 Å². The first-order chi connectivity index (χ1) is 18.1. The average molecular weight is 557 g/mol. The van der Waals surface area contributed by atoms with Crippen molar-refractivity contribution in [2.75, 3.05) is 26.2 Å². The number of aromatic nitrogens is 2. The molecule has 2 fully saturated rings. The van der Waals surface area contributed by atoms with Crippen LogP contribution in [-0.2, 0) is 27.8 Å². The number of piperidine rings is 2. The highest BCUT2D eigenvalue weighted by Crippen LogP contribution is 2.35. The third-order valence-electron chi connectivity index (χ3n) is 7.87. The van der Waals surface area contributed by atoms with Crippen molar-refractivity contribution in [2.45, 2.75) is 57.9 Å². The van der Waals surface area contributed by atoms with E-state index in [1.807, 2.05) is 11.0 Å². The summed E-state index contributed by atoms with van der Waals surface area (Å²) in [6.45, 7) is 7.89. The van der Waals surface area contributed by atoms with Crippen molar-refractivity contribution in [1.82, 2.24) is 18.8 Å². The fourth-order valence-electron chi connectivity index (χ4n) is 6.05. The summed E-state index contributed by atoms with van der Waals surface area (Å²) in [4.78, 5) is 33.9. The molecule has 1 amide bonds. The van der Waals surface area contributed by atoms with Gasteiger partial charge in [-0.3, -0.25) is 14.2 Å². The topological polar surface area (TPSA) is 92.6 Å². The molecule has 2 saturated heterocycles. The number of thiophene rings is 1. The largest absolute Gasteiger partial charge is 0.341 e. The number of carbonyl (C=O) groups is 1. The molecule has 2 aromatic heterocycles. The maximum atomic E-state index is 13.8. The molecular formula is C28H36N4O4S2. The molecule has 0 N–H and O–H groups in total. The number of hydrogen-bond donors (Lipinski definition) is 0. The molecule has 2 aliphatic rings. The molecule has 1 aromatic carbocycles. The lowest BCUT2D eigenvalue weighted by Crippen LogP contribution is -2.43. The Morgan fingerprint density at radius 3 is 2.39 bits per heavy atom. The number of benzene rings is 1. The highest BCUT2D eigenvalue weighted by atomic mass is 32.2. The van der Waals surface area contributed by atoms with E-state index in [9.17, 15) is 18.0 Å². The lowest BCUT2D eigenvalue weighted by Gasteiger charge is -2.34. The fraction of sp³-hybridized carbons (Fsp3) is 0.536. The molecule has 204 valence electrons. The molecule has 38 heavy (non-hydrogen) atoms. The van der Waals surface area contributed by atoms with Gasteiger partial charge in [0.15, 0.2) is 0 Å². The minimum absolute atomic E-state index is 0.0554. The van der Waals surface area contributed by atoms with Crippen LogP contribution >= 0.6 is 11.3 Å². The minimum atomic E-state index is -3.87. The highest BCUT2D eigenvalue weighted by molar-refractivity contribution is 7.89. The van der Waals surface area contributed by atoms with E-state index in [0.29, 0.717) is 41.8 Å². The molecule has 10 heteroatoms. The summed E-state index contributed by atoms with van der Waals surface area (Å²) < 4.78 is 30.3. The van der Waals surface area contributed by atoms with E-state index in [1.54, 1.807) is 6.92 Å². The maximum absolute atomic E-state index is 13.8. The van der Waals surface area contributed by atoms with Crippen LogP contribution in [0.5, 0.6) is 0 Å². The summed E-state index contributed by atoms with van der Waals surface area (Å²) in [6, 6.07) is 10.4. The van der Waals surface area contributed by atoms with Crippen LogP contribution < -0.4 is 5.56 Å². The molecule has 3 aromatic rings. The van der Waals surface area contributed by atoms with Crippen LogP contribution in [0.3, 0.4) is 0 Å². The average Bonchev–Trinajstić information content (AvgIpc) is 3.23. The minimum Gasteiger partial charge on any atom is -0.341 e. The van der Waals surface area contributed by atoms with Crippen molar-refractivity contribution in [3.05, 3.63) is 57.5 Å². The summed E-state index contributed by atoms with van der Waals surface area (Å²) in [7, 11) is -3.87. The van der Waals surface area contributed by atoms with Crippen LogP contribution in [0.1, 0.15) is 43.6 Å². The van der Waals surface area contributed by atoms with Gasteiger partial charge in [0.2, 0.25) is 15.9 Å². The number of sulfonamides is 1. The molecular weight excluding hydrogens is 520 g/mol. The Labute approximate surface area is 228 Å². The van der Waals surface area contributed by atoms with E-state index in [1.165, 1.54) is 32.1 Å². The van der Waals surface area contributed by atoms with Crippen LogP contribution in [0.2, 0.25) is 0 Å². The third kappa shape index (κ3) is 5.44. The van der Waals surface area contributed by atoms with E-state index in [4.69, 9.17) is 0 Å². The first kappa shape index (κ1) is 27.0. The Kier molecular flexibility index (Phi) is 7.75. The molecule has 8 nitrogen and oxygen atoms in total. The number of nitrogens with zero attached hydrogens (tertiary/aromatic N) is 4. The summed E-state index contributed by atoms with van der Waals surface area (Å²) >= 11 is 1.22. The monoisotopic (exact) mass is 556 g/mol. The zero-order chi connectivity index (χ0) is 27.0. The second kappa shape index (κ2) is 10.9. The van der Waals surface area contributed by atoms with E-state index in [-0.39, 0.29) is 34.6 Å². The van der Waals surface area contributed by atoms with Crippen LogP contribution in [0, 0.1) is 24.7 Å². The van der Waals surface area contributed by atoms with Crippen LogP contribution in [0.15, 0.2) is 46.3 Å². The van der Waals surface area contributed by atoms with E-state index in [2.05, 4.69) is 43.1 Å². The maximum Gasteiger partial charge on any atom is 0.263 e. The molecule has 2 aliphatic heterocycles. The van der Waals surface area contributed by atoms with Gasteiger partial charge in [-0.25, -0.2) is 13.4 Å². The fourth-order valence-corrected chi connectivity index (χ4v) is 9.39. The van der Waals surface area contributed by atoms with E-state index in [0.717, 1.165) is 25.7 Å². The Morgan fingerprint density at radius 1 is 1.08 bits per heavy atom. The van der Waals surface area contributed by atoms with E-state index < -0.39 is 15.6 Å². The normalized spacial score (nSPS) is 21.7. The Hall–Kier alpha value is -2.56. The van der Waals surface area contributed by atoms with E-state index >= 15 is 0 Å². The van der Waals surface area contributed by atoms with Crippen LogP contribution in [-0.4, -0.2) is 59.3 Å². The molecule has 5 rings (SSSR count). The number of fused-ring (bicyclic) bond motifs is 1. The second-order valence-corrected chi connectivity index (χ2v) is 14.2. The molecule has 0 spiro atoms. The van der Waals surface area contributed by atoms with Gasteiger partial charge in [-0.05, 0) is 55.9 Å². The Bertz CT molecular complexity index is 1460. The lowest BCUT2D eigenvalue weighted by molar-refractivity contribution is -0.133. The number of amides is 1. The van der Waals surface area contributed by atoms with Crippen molar-refractivity contribution < 1.29 is 13.2 Å². The Balaban J connectivity index is 1.34. The predicted octanol–water partition coefficient (Wildman–Crippen LogP) is 3.91. The summed E-state index contributed by atoms with van der Waals surface area (Å²) in [5.74, 6) is 0.899. The summed E-state index contributed by atoms with van der Waals surface area (Å²) in [5.41, 5.74) is 0.844. The number of rotatable bonds is 6. The summed E-state index contributed by atoms with van der Waals surface area (Å²) in [5, 5.41) is 0.107. The molecule has 0 saturated carbocycles. The summed E-state index contributed by atoms with van der Waals surface area (Å²) in [6.07, 6.45) is 5.21. The smallest absolute Gasteiger partial charge is 0.263 e. The number of aryl methyl sites for hydroxylation is 1. The molecule has 4 heterocycles. The molecule has 0 bridgehead atoms. The van der Waals surface area contributed by atoms with Crippen LogP contribution in [0.25, 0.3) is 10.2 Å². The first-order valence-electron chi connectivity index (χ1n) is 13.4. The van der Waals surface area contributed by atoms with Gasteiger partial charge in [0.25, 0.3) is 5.56 Å². The first-order valence-corrected chi connectivity index (χ1v) is 15.7. The SMILES string of the molecule is Cc1sc2ncn(CC(=O)N3CCC(Cc4ccccc4)CC3)c(=O)c2c1S(=O)(=O)N1C[C@H](C)C[C@H](C)C1. The quantitative estimate of drug-likeness (QED) is 0.459. The number of carbonyl (C=O) groups excluding carboxylic acids is 1. The number of likely N-dealkylation sites (tertiary alicyclic amines) is 1. The molecule has 0 radical (unpaired) electrons. The van der Waals surface area contributed by atoms with Gasteiger partial charge in [-0.2, -0.15) is 4.31 Å². The number of hydrogen-bond acceptors (Lipinski definition) is 6. The van der Waals surface area contributed by atoms with Gasteiger partial charge in [0, 0.05) is 31.1 Å². The zero-order valence-electron chi connectivity index (χ0n) is 22.3. The second-order valence-electron chi connectivity index (χ2n) is 11.1. The zero-order valence-corrected chi connectivity index (χ0v) is 23.9. The van der Waals surface area contributed by atoms with Gasteiger partial charge in [-0.1, -0.05) is 44.2 Å². The van der Waals surface area contributed by atoms with Gasteiger partial charge in [-0.15, -0.1) is 11.3 Å². The molecule has 0 aliphatic carbocycles. The standard InChI is InChI=1S/C28H36N4O4S2/c1-19-13-20(2)16-32(15-19)38(35,36)26-21(3)37-27-25(26)28(34)31(18-29-27)17-24(33)30-11-9-23(10-12-30)14-22-7-5-4-6-8-22/h4-8,18-20,23H,9-17H2,1-3H3/t19-,20+. The van der Waals surface area contributed by atoms with Crippen LogP contribution in [0.4, 0.5) is 0 Å². The van der Waals surface area contributed by atoms with Gasteiger partial charge in [0.05, 0.1) is 11.7 Å². The highest BCUT2D eigenvalue weighted by Gasteiger charge is 2.36. The van der Waals surface area contributed by atoms with Crippen molar-refractivity contribution in [3.63, 3.8) is 0 Å². The van der Waals surface area contributed by atoms with Crippen molar-refractivity contribution >= 4 is 37.5 Å². The molecule has 2 atom stereocenters. The Morgan fingerprint density at radius 2 is 1.74 bits per heavy atom. The van der Waals surface area contributed by atoms with Gasteiger partial charge in [0.1, 0.15) is 16.3 Å². The van der Waals surface area contributed by atoms with Gasteiger partial charge < -0.3 is 4.90 Å². The third-order valence-corrected chi connectivity index (χ3v) is 11.0. The van der Waals surface area contributed by atoms with Crippen molar-refractivity contribution in [3.8, 4) is 0 Å². The molecule has 0 unspecified atom stereocenters. The lowest BCUT2D eigenvalue weighted by atomic mass is 9.90. The van der Waals surface area contributed by atoms with Gasteiger partial charge >= 0.3 is 0 Å².